The van der Waals surface area contributed by atoms with Crippen molar-refractivity contribution in [3.05, 3.63) is 11.8 Å². The van der Waals surface area contributed by atoms with Crippen molar-refractivity contribution in [1.82, 2.24) is 15.0 Å². The highest BCUT2D eigenvalue weighted by atomic mass is 16.6. The van der Waals surface area contributed by atoms with Gasteiger partial charge >= 0.3 is 6.09 Å². The van der Waals surface area contributed by atoms with Gasteiger partial charge in [-0.25, -0.2) is 4.79 Å². The molecule has 1 saturated carbocycles. The number of carbonyl (C=O) groups is 3. The van der Waals surface area contributed by atoms with Crippen LogP contribution in [0.25, 0.3) is 0 Å². The molecule has 0 aromatic carbocycles. The van der Waals surface area contributed by atoms with Gasteiger partial charge in [0.25, 0.3) is 0 Å². The number of nitrogens with one attached hydrogen (secondary N) is 1. The topological polar surface area (TPSA) is 105 Å². The van der Waals surface area contributed by atoms with Gasteiger partial charge in [-0.05, 0) is 26.7 Å². The van der Waals surface area contributed by atoms with Crippen LogP contribution in [0.15, 0.2) is 10.6 Å². The number of piperazine rings is 1. The van der Waals surface area contributed by atoms with Crippen LogP contribution in [-0.4, -0.2) is 65.6 Å². The van der Waals surface area contributed by atoms with Gasteiger partial charge in [0.05, 0.1) is 6.61 Å². The first-order chi connectivity index (χ1) is 12.0. The quantitative estimate of drug-likeness (QED) is 0.812. The molecule has 3 amide bonds. The molecule has 1 aromatic heterocycles. The van der Waals surface area contributed by atoms with Crippen molar-refractivity contribution < 1.29 is 23.6 Å². The molecule has 9 heteroatoms. The molecular formula is C16H22N4O5. The van der Waals surface area contributed by atoms with Gasteiger partial charge in [-0.1, -0.05) is 5.16 Å². The van der Waals surface area contributed by atoms with E-state index in [1.807, 2.05) is 0 Å². The van der Waals surface area contributed by atoms with Crippen molar-refractivity contribution in [2.24, 2.45) is 5.41 Å². The molecule has 1 aliphatic heterocycles. The molecule has 0 spiro atoms. The van der Waals surface area contributed by atoms with Crippen molar-refractivity contribution >= 4 is 23.7 Å². The van der Waals surface area contributed by atoms with Gasteiger partial charge in [0, 0.05) is 32.2 Å². The fraction of sp³-hybridized carbons (Fsp3) is 0.625. The largest absolute Gasteiger partial charge is 0.450 e. The maximum absolute atomic E-state index is 12.8. The molecule has 2 heterocycles. The summed E-state index contributed by atoms with van der Waals surface area (Å²) in [6.45, 7) is 5.41. The summed E-state index contributed by atoms with van der Waals surface area (Å²) in [7, 11) is 0. The number of aryl methyl sites for hydroxylation is 1. The lowest BCUT2D eigenvalue weighted by Gasteiger charge is -2.35. The lowest BCUT2D eigenvalue weighted by molar-refractivity contribution is -0.143. The van der Waals surface area contributed by atoms with Crippen LogP contribution in [0.1, 0.15) is 25.5 Å². The number of rotatable bonds is 4. The van der Waals surface area contributed by atoms with E-state index in [0.29, 0.717) is 57.2 Å². The average molecular weight is 350 g/mol. The first-order valence-electron chi connectivity index (χ1n) is 8.42. The molecule has 9 nitrogen and oxygen atoms in total. The molecule has 0 atom stereocenters. The van der Waals surface area contributed by atoms with Gasteiger partial charge in [-0.3, -0.25) is 9.59 Å². The maximum atomic E-state index is 12.8. The molecule has 0 unspecified atom stereocenters. The molecule has 0 bridgehead atoms. The Balaban J connectivity index is 1.57. The molecule has 1 saturated heterocycles. The number of aromatic nitrogens is 1. The molecule has 3 rings (SSSR count). The van der Waals surface area contributed by atoms with Gasteiger partial charge in [0.15, 0.2) is 5.82 Å². The van der Waals surface area contributed by atoms with E-state index in [4.69, 9.17) is 9.26 Å². The summed E-state index contributed by atoms with van der Waals surface area (Å²) in [5.74, 6) is 0.364. The summed E-state index contributed by atoms with van der Waals surface area (Å²) in [6, 6.07) is 1.61. The fourth-order valence-electron chi connectivity index (χ4n) is 2.93. The van der Waals surface area contributed by atoms with Crippen molar-refractivity contribution in [1.29, 1.82) is 0 Å². The van der Waals surface area contributed by atoms with Crippen molar-refractivity contribution in [2.75, 3.05) is 38.1 Å². The van der Waals surface area contributed by atoms with Gasteiger partial charge in [-0.15, -0.1) is 0 Å². The Hall–Kier alpha value is -2.58. The lowest BCUT2D eigenvalue weighted by atomic mass is 10.0. The Kier molecular flexibility index (Phi) is 4.65. The van der Waals surface area contributed by atoms with E-state index in [-0.39, 0.29) is 17.9 Å². The fourth-order valence-corrected chi connectivity index (χ4v) is 2.93. The zero-order valence-corrected chi connectivity index (χ0v) is 14.4. The first-order valence-corrected chi connectivity index (χ1v) is 8.42. The summed E-state index contributed by atoms with van der Waals surface area (Å²) in [5, 5.41) is 6.38. The van der Waals surface area contributed by atoms with E-state index < -0.39 is 5.41 Å². The van der Waals surface area contributed by atoms with Gasteiger partial charge < -0.3 is 24.4 Å². The van der Waals surface area contributed by atoms with Crippen LogP contribution in [0.5, 0.6) is 0 Å². The lowest BCUT2D eigenvalue weighted by Crippen LogP contribution is -2.53. The van der Waals surface area contributed by atoms with E-state index in [9.17, 15) is 14.4 Å². The van der Waals surface area contributed by atoms with Gasteiger partial charge in [0.1, 0.15) is 11.2 Å². The van der Waals surface area contributed by atoms with Crippen LogP contribution >= 0.6 is 0 Å². The summed E-state index contributed by atoms with van der Waals surface area (Å²) in [6.07, 6.45) is 0.675. The molecule has 2 fully saturated rings. The van der Waals surface area contributed by atoms with Crippen molar-refractivity contribution in [3.8, 4) is 0 Å². The number of hydrogen-bond acceptors (Lipinski definition) is 6. The predicted octanol–water partition coefficient (Wildman–Crippen LogP) is 1.00. The van der Waals surface area contributed by atoms with Crippen LogP contribution in [-0.2, 0) is 14.3 Å². The van der Waals surface area contributed by atoms with Crippen LogP contribution in [0.3, 0.4) is 0 Å². The second kappa shape index (κ2) is 6.73. The van der Waals surface area contributed by atoms with Crippen LogP contribution < -0.4 is 5.32 Å². The Morgan fingerprint density at radius 1 is 1.24 bits per heavy atom. The molecule has 0 radical (unpaired) electrons. The highest BCUT2D eigenvalue weighted by Crippen LogP contribution is 2.48. The highest BCUT2D eigenvalue weighted by Gasteiger charge is 2.58. The van der Waals surface area contributed by atoms with Gasteiger partial charge in [-0.2, -0.15) is 0 Å². The Morgan fingerprint density at radius 3 is 2.40 bits per heavy atom. The SMILES string of the molecule is CCOC(=O)N1CCN(C(=O)C2(C(=O)Nc3cc(C)on3)CC2)CC1. The van der Waals surface area contributed by atoms with E-state index in [1.165, 1.54) is 0 Å². The number of ether oxygens (including phenoxy) is 1. The predicted molar refractivity (Wildman–Crippen MR) is 86.7 cm³/mol. The minimum absolute atomic E-state index is 0.186. The zero-order valence-electron chi connectivity index (χ0n) is 14.4. The molecule has 2 aliphatic rings. The smallest absolute Gasteiger partial charge is 0.409 e. The number of carbonyl (C=O) groups excluding carboxylic acids is 3. The number of anilines is 1. The van der Waals surface area contributed by atoms with Crippen molar-refractivity contribution in [3.63, 3.8) is 0 Å². The highest BCUT2D eigenvalue weighted by molar-refractivity contribution is 6.12. The van der Waals surface area contributed by atoms with Crippen LogP contribution in [0.4, 0.5) is 10.6 Å². The third kappa shape index (κ3) is 3.45. The standard InChI is InChI=1S/C16H22N4O5/c1-3-24-15(23)20-8-6-19(7-9-20)14(22)16(4-5-16)13(21)17-12-10-11(2)25-18-12/h10H,3-9H2,1-2H3,(H,17,18,21). The number of nitrogens with zero attached hydrogens (tertiary/aromatic N) is 3. The second-order valence-electron chi connectivity index (χ2n) is 6.34. The van der Waals surface area contributed by atoms with Crippen LogP contribution in [0.2, 0.25) is 0 Å². The monoisotopic (exact) mass is 350 g/mol. The Bertz CT molecular complexity index is 674. The number of hydrogen-bond donors (Lipinski definition) is 1. The molecular weight excluding hydrogens is 328 g/mol. The molecule has 1 aliphatic carbocycles. The normalized spacial score (nSPS) is 18.6. The van der Waals surface area contributed by atoms with E-state index in [2.05, 4.69) is 10.5 Å². The first kappa shape index (κ1) is 17.2. The minimum Gasteiger partial charge on any atom is -0.450 e. The average Bonchev–Trinajstić information content (AvgIpc) is 3.32. The molecule has 1 aromatic rings. The van der Waals surface area contributed by atoms with E-state index >= 15 is 0 Å². The summed E-state index contributed by atoms with van der Waals surface area (Å²) < 4.78 is 9.89. The number of amides is 3. The van der Waals surface area contributed by atoms with E-state index in [1.54, 1.807) is 29.7 Å². The zero-order chi connectivity index (χ0) is 18.0. The molecule has 136 valence electrons. The molecule has 1 N–H and O–H groups in total. The molecule has 25 heavy (non-hydrogen) atoms. The third-order valence-corrected chi connectivity index (χ3v) is 4.56. The minimum atomic E-state index is -1.01. The van der Waals surface area contributed by atoms with Crippen LogP contribution in [0, 0.1) is 12.3 Å². The third-order valence-electron chi connectivity index (χ3n) is 4.56. The Labute approximate surface area is 145 Å². The van der Waals surface area contributed by atoms with E-state index in [0.717, 1.165) is 0 Å². The van der Waals surface area contributed by atoms with Crippen molar-refractivity contribution in [2.45, 2.75) is 26.7 Å². The maximum Gasteiger partial charge on any atom is 0.409 e. The van der Waals surface area contributed by atoms with Gasteiger partial charge in [0.2, 0.25) is 11.8 Å². The summed E-state index contributed by atoms with van der Waals surface area (Å²) in [4.78, 5) is 40.3. The Morgan fingerprint density at radius 2 is 1.88 bits per heavy atom. The summed E-state index contributed by atoms with van der Waals surface area (Å²) in [5.41, 5.74) is -1.01. The summed E-state index contributed by atoms with van der Waals surface area (Å²) >= 11 is 0. The second-order valence-corrected chi connectivity index (χ2v) is 6.34.